The summed E-state index contributed by atoms with van der Waals surface area (Å²) in [5.74, 6) is 0. The van der Waals surface area contributed by atoms with Gasteiger partial charge in [0.2, 0.25) is 0 Å². The zero-order chi connectivity index (χ0) is 15.5. The molecule has 0 spiro atoms. The van der Waals surface area contributed by atoms with Gasteiger partial charge in [-0.2, -0.15) is 5.10 Å². The van der Waals surface area contributed by atoms with Crippen LogP contribution in [0.25, 0.3) is 0 Å². The fraction of sp³-hybridized carbons (Fsp3) is 0.769. The average molecular weight is 316 g/mol. The molecule has 1 fully saturated rings. The normalized spacial score (nSPS) is 17.7. The van der Waals surface area contributed by atoms with Crippen molar-refractivity contribution in [1.29, 1.82) is 0 Å². The molecule has 0 bridgehead atoms. The highest BCUT2D eigenvalue weighted by atomic mass is 32.2. The molecular formula is C13H24N4O3S. The van der Waals surface area contributed by atoms with E-state index in [0.29, 0.717) is 18.7 Å². The second-order valence-electron chi connectivity index (χ2n) is 5.48. The van der Waals surface area contributed by atoms with Crippen LogP contribution in [-0.2, 0) is 21.3 Å². The highest BCUT2D eigenvalue weighted by molar-refractivity contribution is 7.89. The van der Waals surface area contributed by atoms with Crippen molar-refractivity contribution in [2.45, 2.75) is 50.3 Å². The van der Waals surface area contributed by atoms with Crippen molar-refractivity contribution in [3.63, 3.8) is 0 Å². The first-order chi connectivity index (χ1) is 9.94. The van der Waals surface area contributed by atoms with Crippen LogP contribution in [0.5, 0.6) is 0 Å². The Morgan fingerprint density at radius 3 is 2.67 bits per heavy atom. The highest BCUT2D eigenvalue weighted by Gasteiger charge is 2.38. The molecule has 1 saturated carbocycles. The van der Waals surface area contributed by atoms with Crippen LogP contribution in [0.1, 0.15) is 37.4 Å². The summed E-state index contributed by atoms with van der Waals surface area (Å²) in [6.07, 6.45) is 2.84. The second-order valence-corrected chi connectivity index (χ2v) is 7.16. The number of aromatic nitrogens is 2. The summed E-state index contributed by atoms with van der Waals surface area (Å²) in [7, 11) is -2.00. The van der Waals surface area contributed by atoms with Crippen LogP contribution in [0.2, 0.25) is 0 Å². The smallest absolute Gasteiger partial charge is 0.260 e. The molecule has 21 heavy (non-hydrogen) atoms. The number of H-pyrrole nitrogens is 1. The molecule has 0 radical (unpaired) electrons. The van der Waals surface area contributed by atoms with Gasteiger partial charge in [-0.3, -0.25) is 5.10 Å². The molecular weight excluding hydrogens is 292 g/mol. The Labute approximate surface area is 125 Å². The first-order valence-electron chi connectivity index (χ1n) is 7.23. The van der Waals surface area contributed by atoms with E-state index >= 15 is 0 Å². The number of ether oxygens (including phenoxy) is 1. The summed E-state index contributed by atoms with van der Waals surface area (Å²) in [4.78, 5) is 0. The first-order valence-corrected chi connectivity index (χ1v) is 8.72. The number of sulfonamides is 1. The summed E-state index contributed by atoms with van der Waals surface area (Å²) in [6, 6.07) is 0. The topological polar surface area (TPSA) is 96.1 Å². The Morgan fingerprint density at radius 1 is 1.43 bits per heavy atom. The zero-order valence-electron chi connectivity index (χ0n) is 12.8. The minimum atomic E-state index is -3.63. The Morgan fingerprint density at radius 2 is 2.14 bits per heavy atom. The minimum absolute atomic E-state index is 0.0755. The maximum Gasteiger partial charge on any atom is 0.260 e. The summed E-state index contributed by atoms with van der Waals surface area (Å²) >= 11 is 0. The molecule has 1 aliphatic rings. The largest absolute Gasteiger partial charge is 0.377 e. The molecule has 1 heterocycles. The quantitative estimate of drug-likeness (QED) is 0.655. The molecule has 2 rings (SSSR count). The molecule has 1 aliphatic carbocycles. The van der Waals surface area contributed by atoms with E-state index in [2.05, 4.69) is 20.2 Å². The Balaban J connectivity index is 2.12. The van der Waals surface area contributed by atoms with E-state index in [4.69, 9.17) is 4.74 Å². The molecule has 7 nitrogen and oxygen atoms in total. The summed E-state index contributed by atoms with van der Waals surface area (Å²) in [5, 5.41) is 9.91. The Bertz CT molecular complexity index is 573. The van der Waals surface area contributed by atoms with Gasteiger partial charge < -0.3 is 10.1 Å². The number of aromatic amines is 1. The van der Waals surface area contributed by atoms with Gasteiger partial charge >= 0.3 is 0 Å². The van der Waals surface area contributed by atoms with Crippen molar-refractivity contribution >= 4 is 10.0 Å². The number of nitrogens with one attached hydrogen (secondary N) is 3. The molecule has 0 aliphatic heterocycles. The molecule has 0 aromatic carbocycles. The minimum Gasteiger partial charge on any atom is -0.377 e. The van der Waals surface area contributed by atoms with Gasteiger partial charge in [0.1, 0.15) is 0 Å². The summed E-state index contributed by atoms with van der Waals surface area (Å²) in [5.41, 5.74) is 1.10. The number of aryl methyl sites for hydroxylation is 1. The summed E-state index contributed by atoms with van der Waals surface area (Å²) in [6.45, 7) is 5.33. The van der Waals surface area contributed by atoms with Crippen LogP contribution in [0.15, 0.2) is 5.03 Å². The molecule has 0 amide bonds. The number of nitrogens with zero attached hydrogens (tertiary/aromatic N) is 1. The van der Waals surface area contributed by atoms with Crippen LogP contribution in [-0.4, -0.2) is 44.4 Å². The van der Waals surface area contributed by atoms with Gasteiger partial charge in [-0.15, -0.1) is 0 Å². The van der Waals surface area contributed by atoms with Gasteiger partial charge in [0.05, 0.1) is 5.60 Å². The van der Waals surface area contributed by atoms with Gasteiger partial charge in [-0.05, 0) is 32.7 Å². The SMILES string of the molecule is CCNCc1c(S(=O)(=O)NCC2(OC)CCC2)n[nH]c1C. The van der Waals surface area contributed by atoms with Crippen molar-refractivity contribution in [2.24, 2.45) is 0 Å². The molecule has 0 atom stereocenters. The fourth-order valence-corrected chi connectivity index (χ4v) is 3.73. The third-order valence-corrected chi connectivity index (χ3v) is 5.50. The van der Waals surface area contributed by atoms with E-state index in [0.717, 1.165) is 31.5 Å². The second kappa shape index (κ2) is 6.43. The molecule has 0 saturated heterocycles. The monoisotopic (exact) mass is 316 g/mol. The van der Waals surface area contributed by atoms with E-state index in [1.54, 1.807) is 7.11 Å². The van der Waals surface area contributed by atoms with E-state index in [9.17, 15) is 8.42 Å². The number of hydrogen-bond donors (Lipinski definition) is 3. The van der Waals surface area contributed by atoms with Crippen molar-refractivity contribution < 1.29 is 13.2 Å². The highest BCUT2D eigenvalue weighted by Crippen LogP contribution is 2.34. The molecule has 120 valence electrons. The van der Waals surface area contributed by atoms with Gasteiger partial charge in [0, 0.05) is 31.5 Å². The number of rotatable bonds is 8. The van der Waals surface area contributed by atoms with Gasteiger partial charge in [0.25, 0.3) is 10.0 Å². The number of methoxy groups -OCH3 is 1. The predicted octanol–water partition coefficient (Wildman–Crippen LogP) is 0.675. The van der Waals surface area contributed by atoms with Gasteiger partial charge in [-0.25, -0.2) is 13.1 Å². The molecule has 1 aromatic rings. The third kappa shape index (κ3) is 3.45. The fourth-order valence-electron chi connectivity index (χ4n) is 2.43. The Kier molecular flexibility index (Phi) is 5.03. The van der Waals surface area contributed by atoms with Crippen LogP contribution < -0.4 is 10.0 Å². The maximum absolute atomic E-state index is 12.5. The van der Waals surface area contributed by atoms with Crippen molar-refractivity contribution in [3.8, 4) is 0 Å². The molecule has 1 aromatic heterocycles. The van der Waals surface area contributed by atoms with E-state index in [1.807, 2.05) is 13.8 Å². The predicted molar refractivity (Wildman–Crippen MR) is 79.5 cm³/mol. The molecule has 3 N–H and O–H groups in total. The molecule has 8 heteroatoms. The lowest BCUT2D eigenvalue weighted by Gasteiger charge is -2.40. The van der Waals surface area contributed by atoms with E-state index < -0.39 is 10.0 Å². The van der Waals surface area contributed by atoms with Crippen LogP contribution >= 0.6 is 0 Å². The van der Waals surface area contributed by atoms with E-state index in [1.165, 1.54) is 0 Å². The van der Waals surface area contributed by atoms with E-state index in [-0.39, 0.29) is 10.6 Å². The van der Waals surface area contributed by atoms with Crippen LogP contribution in [0.3, 0.4) is 0 Å². The van der Waals surface area contributed by atoms with Crippen molar-refractivity contribution in [2.75, 3.05) is 20.2 Å². The summed E-state index contributed by atoms with van der Waals surface area (Å²) < 4.78 is 33.0. The van der Waals surface area contributed by atoms with Crippen LogP contribution in [0.4, 0.5) is 0 Å². The standard InChI is InChI=1S/C13H24N4O3S/c1-4-14-8-11-10(2)16-17-12(11)21(18,19)15-9-13(20-3)6-5-7-13/h14-15H,4-9H2,1-3H3,(H,16,17). The van der Waals surface area contributed by atoms with Gasteiger partial charge in [-0.1, -0.05) is 6.92 Å². The first kappa shape index (κ1) is 16.4. The van der Waals surface area contributed by atoms with Crippen molar-refractivity contribution in [1.82, 2.24) is 20.2 Å². The third-order valence-electron chi connectivity index (χ3n) is 4.12. The van der Waals surface area contributed by atoms with Crippen molar-refractivity contribution in [3.05, 3.63) is 11.3 Å². The molecule has 0 unspecified atom stereocenters. The van der Waals surface area contributed by atoms with Gasteiger partial charge in [0.15, 0.2) is 5.03 Å². The lowest BCUT2D eigenvalue weighted by Crippen LogP contribution is -2.49. The zero-order valence-corrected chi connectivity index (χ0v) is 13.6. The maximum atomic E-state index is 12.5. The average Bonchev–Trinajstić information content (AvgIpc) is 2.77. The lowest BCUT2D eigenvalue weighted by atomic mass is 9.80. The Hall–Kier alpha value is -0.960. The lowest BCUT2D eigenvalue weighted by molar-refractivity contribution is -0.0659. The van der Waals surface area contributed by atoms with Crippen LogP contribution in [0, 0.1) is 6.92 Å². The number of hydrogen-bond acceptors (Lipinski definition) is 5.